The Morgan fingerprint density at radius 2 is 2.00 bits per heavy atom. The van der Waals surface area contributed by atoms with Gasteiger partial charge in [-0.05, 0) is 6.07 Å². The van der Waals surface area contributed by atoms with Crippen LogP contribution in [0.1, 0.15) is 12.6 Å². The van der Waals surface area contributed by atoms with E-state index < -0.39 is 46.4 Å². The van der Waals surface area contributed by atoms with Crippen molar-refractivity contribution in [1.29, 1.82) is 0 Å². The van der Waals surface area contributed by atoms with Crippen LogP contribution in [0.4, 0.5) is 5.82 Å². The number of anilines is 1. The highest BCUT2D eigenvalue weighted by molar-refractivity contribution is 7.61. The monoisotopic (exact) mass is 430 g/mol. The molecule has 1 aliphatic heterocycles. The van der Waals surface area contributed by atoms with Gasteiger partial charge in [-0.25, -0.2) is 13.9 Å². The lowest BCUT2D eigenvalue weighted by atomic mass is 10.2. The molecule has 7 N–H and O–H groups in total. The summed E-state index contributed by atoms with van der Waals surface area (Å²) in [4.78, 5) is 34.1. The number of nitrogens with zero attached hydrogens (tertiary/aromatic N) is 2. The summed E-state index contributed by atoms with van der Waals surface area (Å²) >= 11 is 0. The standard InChI is InChI=1S/C11H20N4O10P2/c12-2-4-22-26(18,19)25-27(20,21)23-6-8-7(16)5-10(24-8)15-3-1-9(13)14-11(15)17/h1,3,7-8,10,16H,2,4-6,12H2,(H,18,19)(H,20,21)(H2,13,14,17). The van der Waals surface area contributed by atoms with Crippen molar-refractivity contribution in [3.05, 3.63) is 22.7 Å². The normalized spacial score (nSPS) is 27.2. The predicted molar refractivity (Wildman–Crippen MR) is 89.1 cm³/mol. The lowest BCUT2D eigenvalue weighted by molar-refractivity contribution is -0.0450. The second-order valence-corrected chi connectivity index (χ2v) is 8.45. The summed E-state index contributed by atoms with van der Waals surface area (Å²) in [5.74, 6) is 0.0123. The van der Waals surface area contributed by atoms with Crippen LogP contribution in [0.3, 0.4) is 0 Å². The number of rotatable bonds is 9. The van der Waals surface area contributed by atoms with Crippen molar-refractivity contribution in [2.45, 2.75) is 24.9 Å². The molecule has 154 valence electrons. The van der Waals surface area contributed by atoms with Gasteiger partial charge in [0.2, 0.25) is 0 Å². The molecule has 0 spiro atoms. The quantitative estimate of drug-likeness (QED) is 0.287. The van der Waals surface area contributed by atoms with Gasteiger partial charge in [-0.15, -0.1) is 0 Å². The molecular weight excluding hydrogens is 410 g/mol. The third-order valence-electron chi connectivity index (χ3n) is 3.35. The van der Waals surface area contributed by atoms with Gasteiger partial charge in [-0.2, -0.15) is 9.29 Å². The Labute approximate surface area is 152 Å². The topological polar surface area (TPSA) is 219 Å². The largest absolute Gasteiger partial charge is 0.481 e. The van der Waals surface area contributed by atoms with Crippen LogP contribution in [0.5, 0.6) is 0 Å². The number of ether oxygens (including phenoxy) is 1. The van der Waals surface area contributed by atoms with E-state index in [0.29, 0.717) is 0 Å². The zero-order valence-electron chi connectivity index (χ0n) is 13.9. The Balaban J connectivity index is 1.95. The minimum Gasteiger partial charge on any atom is -0.390 e. The molecule has 5 atom stereocenters. The summed E-state index contributed by atoms with van der Waals surface area (Å²) in [6, 6.07) is 1.36. The molecular formula is C11H20N4O10P2. The van der Waals surface area contributed by atoms with Crippen LogP contribution in [0, 0.1) is 0 Å². The minimum atomic E-state index is -5.01. The van der Waals surface area contributed by atoms with Crippen LogP contribution in [0.2, 0.25) is 0 Å². The lowest BCUT2D eigenvalue weighted by Gasteiger charge is -2.19. The number of hydrogen-bond acceptors (Lipinski definition) is 11. The van der Waals surface area contributed by atoms with E-state index in [9.17, 15) is 28.8 Å². The predicted octanol–water partition coefficient (Wildman–Crippen LogP) is -1.32. The van der Waals surface area contributed by atoms with Crippen molar-refractivity contribution in [2.24, 2.45) is 5.73 Å². The first-order chi connectivity index (χ1) is 12.5. The van der Waals surface area contributed by atoms with E-state index in [1.807, 2.05) is 0 Å². The van der Waals surface area contributed by atoms with Crippen molar-refractivity contribution in [2.75, 3.05) is 25.5 Å². The summed E-state index contributed by atoms with van der Waals surface area (Å²) in [6.45, 7) is -1.17. The van der Waals surface area contributed by atoms with Gasteiger partial charge >= 0.3 is 21.3 Å². The second-order valence-electron chi connectivity index (χ2n) is 5.41. The van der Waals surface area contributed by atoms with Gasteiger partial charge in [0, 0.05) is 19.2 Å². The van der Waals surface area contributed by atoms with Gasteiger partial charge in [0.1, 0.15) is 18.1 Å². The third-order valence-corrected chi connectivity index (χ3v) is 5.98. The number of hydrogen-bond donors (Lipinski definition) is 5. The van der Waals surface area contributed by atoms with Crippen LogP contribution < -0.4 is 17.2 Å². The van der Waals surface area contributed by atoms with Crippen LogP contribution >= 0.6 is 15.6 Å². The summed E-state index contributed by atoms with van der Waals surface area (Å²) < 4.78 is 42.7. The number of nitrogen functional groups attached to an aromatic ring is 1. The molecule has 5 unspecified atom stereocenters. The maximum Gasteiger partial charge on any atom is 0.481 e. The molecule has 0 radical (unpaired) electrons. The average molecular weight is 430 g/mol. The minimum absolute atomic E-state index is 0.0123. The summed E-state index contributed by atoms with van der Waals surface area (Å²) in [5.41, 5.74) is 9.76. The number of aromatic nitrogens is 2. The average Bonchev–Trinajstić information content (AvgIpc) is 2.91. The molecule has 2 rings (SSSR count). The highest BCUT2D eigenvalue weighted by Gasteiger charge is 2.40. The molecule has 0 aliphatic carbocycles. The summed E-state index contributed by atoms with van der Waals surface area (Å²) in [5, 5.41) is 9.99. The maximum atomic E-state index is 11.8. The molecule has 14 nitrogen and oxygen atoms in total. The molecule has 1 fully saturated rings. The highest BCUT2D eigenvalue weighted by Crippen LogP contribution is 2.60. The summed E-state index contributed by atoms with van der Waals surface area (Å²) in [7, 11) is -9.87. The van der Waals surface area contributed by atoms with Crippen LogP contribution in [0.25, 0.3) is 0 Å². The first-order valence-corrected chi connectivity index (χ1v) is 10.6. The molecule has 16 heteroatoms. The van der Waals surface area contributed by atoms with Crippen molar-refractivity contribution in [3.63, 3.8) is 0 Å². The Hall–Kier alpha value is -1.18. The van der Waals surface area contributed by atoms with Crippen molar-refractivity contribution in [3.8, 4) is 0 Å². The molecule has 1 saturated heterocycles. The fourth-order valence-corrected chi connectivity index (χ4v) is 4.29. The second kappa shape index (κ2) is 8.88. The van der Waals surface area contributed by atoms with Crippen molar-refractivity contribution >= 4 is 21.5 Å². The highest BCUT2D eigenvalue weighted by atomic mass is 31.3. The molecule has 0 bridgehead atoms. The number of aliphatic hydroxyl groups excluding tert-OH is 1. The SMILES string of the molecule is NCCOP(=O)(O)OP(=O)(O)OCC1OC(n2ccc(N)nc2=O)CC1O. The Kier molecular flexibility index (Phi) is 7.27. The van der Waals surface area contributed by atoms with Crippen LogP contribution in [-0.2, 0) is 27.2 Å². The zero-order chi connectivity index (χ0) is 20.2. The third kappa shape index (κ3) is 6.43. The molecule has 2 heterocycles. The smallest absolute Gasteiger partial charge is 0.390 e. The number of phosphoric ester groups is 2. The van der Waals surface area contributed by atoms with E-state index in [0.717, 1.165) is 4.57 Å². The van der Waals surface area contributed by atoms with E-state index in [4.69, 9.17) is 16.2 Å². The van der Waals surface area contributed by atoms with Gasteiger partial charge in [0.05, 0.1) is 19.3 Å². The number of aliphatic hydroxyl groups is 1. The van der Waals surface area contributed by atoms with E-state index >= 15 is 0 Å². The van der Waals surface area contributed by atoms with Crippen molar-refractivity contribution in [1.82, 2.24) is 9.55 Å². The first-order valence-electron chi connectivity index (χ1n) is 7.57. The Bertz CT molecular complexity index is 804. The Morgan fingerprint density at radius 3 is 2.63 bits per heavy atom. The number of nitrogens with two attached hydrogens (primary N) is 2. The van der Waals surface area contributed by atoms with E-state index in [1.165, 1.54) is 12.3 Å². The van der Waals surface area contributed by atoms with Gasteiger partial charge in [-0.3, -0.25) is 13.6 Å². The molecule has 0 aromatic carbocycles. The van der Waals surface area contributed by atoms with Crippen molar-refractivity contribution < 1.29 is 42.1 Å². The van der Waals surface area contributed by atoms with Gasteiger partial charge in [0.25, 0.3) is 0 Å². The van der Waals surface area contributed by atoms with Gasteiger partial charge in [0.15, 0.2) is 0 Å². The number of phosphoric acid groups is 2. The van der Waals surface area contributed by atoms with Gasteiger partial charge in [-0.1, -0.05) is 0 Å². The Morgan fingerprint density at radius 1 is 1.33 bits per heavy atom. The first kappa shape index (κ1) is 22.1. The zero-order valence-corrected chi connectivity index (χ0v) is 15.6. The van der Waals surface area contributed by atoms with Crippen LogP contribution in [0.15, 0.2) is 17.1 Å². The molecule has 1 aromatic rings. The molecule has 0 saturated carbocycles. The van der Waals surface area contributed by atoms with Gasteiger partial charge < -0.3 is 31.1 Å². The van der Waals surface area contributed by atoms with E-state index in [1.54, 1.807) is 0 Å². The van der Waals surface area contributed by atoms with E-state index in [2.05, 4.69) is 18.3 Å². The molecule has 27 heavy (non-hydrogen) atoms. The molecule has 1 aromatic heterocycles. The van der Waals surface area contributed by atoms with Crippen LogP contribution in [-0.4, -0.2) is 56.4 Å². The lowest BCUT2D eigenvalue weighted by Crippen LogP contribution is -2.28. The molecule has 0 amide bonds. The molecule has 1 aliphatic rings. The van der Waals surface area contributed by atoms with E-state index in [-0.39, 0.29) is 25.4 Å². The fourth-order valence-electron chi connectivity index (χ4n) is 2.19. The summed E-state index contributed by atoms with van der Waals surface area (Å²) in [6.07, 6.45) is -1.90. The maximum absolute atomic E-state index is 11.8. The fraction of sp³-hybridized carbons (Fsp3) is 0.636.